The van der Waals surface area contributed by atoms with Crippen LogP contribution < -0.4 is 5.32 Å². The number of para-hydroxylation sites is 1. The lowest BCUT2D eigenvalue weighted by atomic mass is 10.0. The number of nitrogens with one attached hydrogen (secondary N) is 1. The predicted molar refractivity (Wildman–Crippen MR) is 81.5 cm³/mol. The maximum atomic E-state index is 11.0. The van der Waals surface area contributed by atoms with Crippen LogP contribution in [-0.4, -0.2) is 41.5 Å². The third-order valence-electron chi connectivity index (χ3n) is 3.27. The van der Waals surface area contributed by atoms with Crippen LogP contribution in [0.25, 0.3) is 11.1 Å². The van der Waals surface area contributed by atoms with E-state index in [0.29, 0.717) is 17.5 Å². The average Bonchev–Trinajstić information content (AvgIpc) is 2.78. The molecule has 0 radical (unpaired) electrons. The summed E-state index contributed by atoms with van der Waals surface area (Å²) in [6, 6.07) is 5.16. The van der Waals surface area contributed by atoms with Gasteiger partial charge in [0.05, 0.1) is 4.92 Å². The highest BCUT2D eigenvalue weighted by molar-refractivity contribution is 5.84. The number of non-ortho nitro benzene ring substituents is 1. The van der Waals surface area contributed by atoms with E-state index in [4.69, 9.17) is 4.42 Å². The standard InChI is InChI=1S/C14H20N4O3/c1-9(2)10(8-17(3)4)15-14-16-13-11(18(19)20)6-5-7-12(13)21-14/h5-7,9-10H,8H2,1-4H3,(H,15,16). The van der Waals surface area contributed by atoms with E-state index in [-0.39, 0.29) is 17.2 Å². The fraction of sp³-hybridized carbons (Fsp3) is 0.500. The maximum absolute atomic E-state index is 11.0. The highest BCUT2D eigenvalue weighted by Gasteiger charge is 2.20. The second-order valence-electron chi connectivity index (χ2n) is 5.66. The molecule has 1 unspecified atom stereocenters. The van der Waals surface area contributed by atoms with Gasteiger partial charge in [-0.15, -0.1) is 0 Å². The van der Waals surface area contributed by atoms with Gasteiger partial charge in [0.1, 0.15) is 0 Å². The van der Waals surface area contributed by atoms with Crippen molar-refractivity contribution in [3.63, 3.8) is 0 Å². The van der Waals surface area contributed by atoms with Crippen molar-refractivity contribution in [1.29, 1.82) is 0 Å². The summed E-state index contributed by atoms with van der Waals surface area (Å²) in [7, 11) is 3.99. The van der Waals surface area contributed by atoms with Crippen molar-refractivity contribution < 1.29 is 9.34 Å². The van der Waals surface area contributed by atoms with E-state index in [1.54, 1.807) is 12.1 Å². The number of nitro benzene ring substituents is 1. The summed E-state index contributed by atoms with van der Waals surface area (Å²) >= 11 is 0. The molecule has 7 nitrogen and oxygen atoms in total. The fourth-order valence-corrected chi connectivity index (χ4v) is 2.12. The number of likely N-dealkylation sites (N-methyl/N-ethyl adjacent to an activating group) is 1. The van der Waals surface area contributed by atoms with Crippen molar-refractivity contribution in [2.24, 2.45) is 5.92 Å². The molecule has 0 aliphatic heterocycles. The molecule has 1 heterocycles. The van der Waals surface area contributed by atoms with Crippen molar-refractivity contribution in [1.82, 2.24) is 9.88 Å². The number of hydrogen-bond donors (Lipinski definition) is 1. The Morgan fingerprint density at radius 3 is 2.71 bits per heavy atom. The highest BCUT2D eigenvalue weighted by atomic mass is 16.6. The lowest BCUT2D eigenvalue weighted by Gasteiger charge is -2.24. The van der Waals surface area contributed by atoms with Gasteiger partial charge in [-0.3, -0.25) is 10.1 Å². The largest absolute Gasteiger partial charge is 0.423 e. The molecule has 114 valence electrons. The Kier molecular flexibility index (Phi) is 4.42. The van der Waals surface area contributed by atoms with E-state index in [2.05, 4.69) is 29.0 Å². The van der Waals surface area contributed by atoms with Crippen LogP contribution in [0.2, 0.25) is 0 Å². The number of fused-ring (bicyclic) bond motifs is 1. The van der Waals surface area contributed by atoms with Crippen LogP contribution >= 0.6 is 0 Å². The van der Waals surface area contributed by atoms with Crippen molar-refractivity contribution in [2.45, 2.75) is 19.9 Å². The van der Waals surface area contributed by atoms with Gasteiger partial charge in [-0.2, -0.15) is 4.98 Å². The molecule has 2 aromatic rings. The lowest BCUT2D eigenvalue weighted by Crippen LogP contribution is -2.36. The molecule has 0 aliphatic carbocycles. The molecule has 1 atom stereocenters. The first-order chi connectivity index (χ1) is 9.88. The smallest absolute Gasteiger partial charge is 0.298 e. The Morgan fingerprint density at radius 2 is 2.14 bits per heavy atom. The van der Waals surface area contributed by atoms with E-state index >= 15 is 0 Å². The summed E-state index contributed by atoms with van der Waals surface area (Å²) < 4.78 is 5.58. The molecule has 2 rings (SSSR count). The average molecular weight is 292 g/mol. The molecular formula is C14H20N4O3. The van der Waals surface area contributed by atoms with Gasteiger partial charge in [0.15, 0.2) is 11.1 Å². The minimum atomic E-state index is -0.450. The number of anilines is 1. The molecule has 21 heavy (non-hydrogen) atoms. The third kappa shape index (κ3) is 3.49. The zero-order valence-electron chi connectivity index (χ0n) is 12.7. The number of aromatic nitrogens is 1. The maximum Gasteiger partial charge on any atom is 0.298 e. The van der Waals surface area contributed by atoms with Crippen molar-refractivity contribution in [2.75, 3.05) is 26.0 Å². The molecule has 1 aromatic carbocycles. The molecule has 0 spiro atoms. The monoisotopic (exact) mass is 292 g/mol. The molecule has 0 saturated carbocycles. The van der Waals surface area contributed by atoms with Gasteiger partial charge in [0, 0.05) is 18.7 Å². The van der Waals surface area contributed by atoms with Crippen molar-refractivity contribution in [3.8, 4) is 0 Å². The first-order valence-corrected chi connectivity index (χ1v) is 6.83. The summed E-state index contributed by atoms with van der Waals surface area (Å²) in [6.07, 6.45) is 0. The number of nitro groups is 1. The van der Waals surface area contributed by atoms with Crippen LogP contribution in [-0.2, 0) is 0 Å². The molecule has 1 N–H and O–H groups in total. The Morgan fingerprint density at radius 1 is 1.43 bits per heavy atom. The van der Waals surface area contributed by atoms with Gasteiger partial charge in [-0.05, 0) is 26.1 Å². The Bertz CT molecular complexity index is 636. The van der Waals surface area contributed by atoms with Gasteiger partial charge in [0.2, 0.25) is 0 Å². The van der Waals surface area contributed by atoms with Gasteiger partial charge < -0.3 is 14.6 Å². The summed E-state index contributed by atoms with van der Waals surface area (Å²) in [4.78, 5) is 16.8. The SMILES string of the molecule is CC(C)C(CN(C)C)Nc1nc2c([N+](=O)[O-])cccc2o1. The van der Waals surface area contributed by atoms with Crippen LogP contribution in [0.5, 0.6) is 0 Å². The van der Waals surface area contributed by atoms with Crippen LogP contribution in [0, 0.1) is 16.0 Å². The third-order valence-corrected chi connectivity index (χ3v) is 3.27. The second kappa shape index (κ2) is 6.09. The summed E-state index contributed by atoms with van der Waals surface area (Å²) in [5.74, 6) is 0.373. The van der Waals surface area contributed by atoms with E-state index in [1.165, 1.54) is 6.07 Å². The Labute approximate surface area is 123 Å². The van der Waals surface area contributed by atoms with E-state index in [0.717, 1.165) is 6.54 Å². The van der Waals surface area contributed by atoms with Gasteiger partial charge in [-0.1, -0.05) is 19.9 Å². The van der Waals surface area contributed by atoms with Crippen LogP contribution in [0.4, 0.5) is 11.7 Å². The second-order valence-corrected chi connectivity index (χ2v) is 5.66. The summed E-state index contributed by atoms with van der Waals surface area (Å²) in [6.45, 7) is 5.02. The minimum Gasteiger partial charge on any atom is -0.423 e. The normalized spacial score (nSPS) is 13.0. The first-order valence-electron chi connectivity index (χ1n) is 6.83. The number of oxazole rings is 1. The number of nitrogens with zero attached hydrogens (tertiary/aromatic N) is 3. The summed E-state index contributed by atoms with van der Waals surface area (Å²) in [5, 5.41) is 14.2. The number of hydrogen-bond acceptors (Lipinski definition) is 6. The highest BCUT2D eigenvalue weighted by Crippen LogP contribution is 2.27. The predicted octanol–water partition coefficient (Wildman–Crippen LogP) is 2.73. The van der Waals surface area contributed by atoms with Crippen molar-refractivity contribution in [3.05, 3.63) is 28.3 Å². The molecule has 1 aromatic heterocycles. The van der Waals surface area contributed by atoms with E-state index in [9.17, 15) is 10.1 Å². The van der Waals surface area contributed by atoms with Crippen molar-refractivity contribution >= 4 is 22.8 Å². The summed E-state index contributed by atoms with van der Waals surface area (Å²) in [5.41, 5.74) is 0.648. The molecule has 0 bridgehead atoms. The van der Waals surface area contributed by atoms with Gasteiger partial charge >= 0.3 is 0 Å². The quantitative estimate of drug-likeness (QED) is 0.651. The zero-order valence-corrected chi connectivity index (χ0v) is 12.7. The molecule has 0 fully saturated rings. The van der Waals surface area contributed by atoms with Gasteiger partial charge in [-0.25, -0.2) is 0 Å². The number of benzene rings is 1. The van der Waals surface area contributed by atoms with Crippen LogP contribution in [0.3, 0.4) is 0 Å². The molecule has 0 aliphatic rings. The zero-order chi connectivity index (χ0) is 15.6. The van der Waals surface area contributed by atoms with Gasteiger partial charge in [0.25, 0.3) is 11.7 Å². The van der Waals surface area contributed by atoms with Crippen LogP contribution in [0.1, 0.15) is 13.8 Å². The molecule has 0 saturated heterocycles. The minimum absolute atomic E-state index is 0.0435. The van der Waals surface area contributed by atoms with E-state index in [1.807, 2.05) is 14.1 Å². The first kappa shape index (κ1) is 15.2. The Balaban J connectivity index is 2.30. The molecular weight excluding hydrogens is 272 g/mol. The lowest BCUT2D eigenvalue weighted by molar-refractivity contribution is -0.383. The van der Waals surface area contributed by atoms with Crippen LogP contribution in [0.15, 0.2) is 22.6 Å². The molecule has 7 heteroatoms. The Hall–Kier alpha value is -2.15. The molecule has 0 amide bonds. The topological polar surface area (TPSA) is 84.4 Å². The number of rotatable bonds is 6. The van der Waals surface area contributed by atoms with E-state index < -0.39 is 4.92 Å². The fourth-order valence-electron chi connectivity index (χ4n) is 2.12.